The van der Waals surface area contributed by atoms with Gasteiger partial charge in [-0.1, -0.05) is 0 Å². The van der Waals surface area contributed by atoms with Gasteiger partial charge in [0.25, 0.3) is 0 Å². The zero-order valence-corrected chi connectivity index (χ0v) is 5.63. The summed E-state index contributed by atoms with van der Waals surface area (Å²) in [5, 5.41) is 0. The molecule has 0 aliphatic carbocycles. The molecule has 0 saturated carbocycles. The Hall–Kier alpha value is 2.24. The normalized spacial score (nSPS) is 0. The summed E-state index contributed by atoms with van der Waals surface area (Å²) in [6, 6.07) is 0. The predicted octanol–water partition coefficient (Wildman–Crippen LogP) is -8.79. The summed E-state index contributed by atoms with van der Waals surface area (Å²) in [5.74, 6) is 0. The van der Waals surface area contributed by atoms with E-state index in [0.717, 1.165) is 0 Å². The molecule has 0 rings (SSSR count). The summed E-state index contributed by atoms with van der Waals surface area (Å²) in [4.78, 5) is 0. The molecular formula is AlLi3N2. The van der Waals surface area contributed by atoms with E-state index in [1.165, 1.54) is 0 Å². The van der Waals surface area contributed by atoms with Gasteiger partial charge in [0.2, 0.25) is 0 Å². The van der Waals surface area contributed by atoms with Gasteiger partial charge in [0.1, 0.15) is 0 Å². The first-order chi connectivity index (χ1) is 0. The first-order valence-electron chi connectivity index (χ1n) is 0. The van der Waals surface area contributed by atoms with Crippen LogP contribution in [0.5, 0.6) is 0 Å². The van der Waals surface area contributed by atoms with Crippen LogP contribution in [0.2, 0.25) is 0 Å². The zero-order chi connectivity index (χ0) is 0. The maximum Gasteiger partial charge on any atom is 3.00 e. The van der Waals surface area contributed by atoms with Gasteiger partial charge in [-0.05, 0) is 0 Å². The Bertz CT molecular complexity index is 8.75. The number of rotatable bonds is 0. The number of nitrogens with zero attached hydrogens (tertiary/aromatic N) is 2. The zero-order valence-electron chi connectivity index (χ0n) is 4.47. The van der Waals surface area contributed by atoms with Crippen molar-refractivity contribution in [1.29, 1.82) is 0 Å². The minimum atomic E-state index is 0. The molecule has 16 valence electrons. The summed E-state index contributed by atoms with van der Waals surface area (Å²) >= 11 is 0. The molecule has 6 heteroatoms. The SMILES string of the molecule is [Al+3].[Li+].[Li+].[Li+].[N-3].[N-3]. The fourth-order valence-corrected chi connectivity index (χ4v) is 0. The largest absolute Gasteiger partial charge is 3.00 e. The monoisotopic (exact) mass is 76.0 g/mol. The van der Waals surface area contributed by atoms with Gasteiger partial charge in [0.05, 0.1) is 0 Å². The van der Waals surface area contributed by atoms with Crippen molar-refractivity contribution < 1.29 is 56.6 Å². The smallest absolute Gasteiger partial charge is 3.00 e. The van der Waals surface area contributed by atoms with Gasteiger partial charge in [-0.15, -0.1) is 0 Å². The van der Waals surface area contributed by atoms with Gasteiger partial charge in [0, 0.05) is 0 Å². The molecule has 0 aliphatic rings. The Labute approximate surface area is 85.4 Å². The predicted molar refractivity (Wildman–Crippen MR) is 12.5 cm³/mol. The Morgan fingerprint density at radius 2 is 0.500 bits per heavy atom. The van der Waals surface area contributed by atoms with Crippen molar-refractivity contribution in [3.8, 4) is 0 Å². The van der Waals surface area contributed by atoms with Crippen molar-refractivity contribution in [2.45, 2.75) is 0 Å². The molecule has 0 radical (unpaired) electrons. The third kappa shape index (κ3) is 34.1. The van der Waals surface area contributed by atoms with E-state index in [2.05, 4.69) is 0 Å². The van der Waals surface area contributed by atoms with Crippen LogP contribution in [0.1, 0.15) is 0 Å². The van der Waals surface area contributed by atoms with E-state index in [4.69, 9.17) is 0 Å². The summed E-state index contributed by atoms with van der Waals surface area (Å²) in [6.07, 6.45) is 0. The number of hydrogen-bond donors (Lipinski definition) is 0. The molecule has 0 N–H and O–H groups in total. The van der Waals surface area contributed by atoms with E-state index in [9.17, 15) is 0 Å². The fraction of sp³-hybridized carbons (Fsp3) is 0. The van der Waals surface area contributed by atoms with Crippen LogP contribution in [0.3, 0.4) is 0 Å². The maximum absolute atomic E-state index is 0. The summed E-state index contributed by atoms with van der Waals surface area (Å²) in [5.41, 5.74) is 0. The van der Waals surface area contributed by atoms with Gasteiger partial charge < -0.3 is 12.3 Å². The molecule has 0 bridgehead atoms. The van der Waals surface area contributed by atoms with Crippen LogP contribution >= 0.6 is 0 Å². The molecular weight excluding hydrogens is 75.8 g/mol. The van der Waals surface area contributed by atoms with Crippen molar-refractivity contribution in [3.63, 3.8) is 0 Å². The molecule has 0 atom stereocenters. The van der Waals surface area contributed by atoms with Crippen molar-refractivity contribution in [1.82, 2.24) is 0 Å². The van der Waals surface area contributed by atoms with Crippen molar-refractivity contribution >= 4 is 17.4 Å². The van der Waals surface area contributed by atoms with E-state index in [-0.39, 0.29) is 86.2 Å². The summed E-state index contributed by atoms with van der Waals surface area (Å²) in [7, 11) is 0. The van der Waals surface area contributed by atoms with Crippen LogP contribution in [0, 0.1) is 0 Å². The molecule has 0 aromatic heterocycles. The topological polar surface area (TPSA) is 61.0 Å². The Kier molecular flexibility index (Phi) is 803. The van der Waals surface area contributed by atoms with Crippen LogP contribution in [0.4, 0.5) is 0 Å². The Morgan fingerprint density at radius 3 is 0.500 bits per heavy atom. The molecule has 0 spiro atoms. The van der Waals surface area contributed by atoms with Gasteiger partial charge in [-0.3, -0.25) is 0 Å². The van der Waals surface area contributed by atoms with Crippen LogP contribution in [0.25, 0.3) is 12.3 Å². The maximum atomic E-state index is 0. The molecule has 0 aromatic rings. The molecule has 6 heavy (non-hydrogen) atoms. The summed E-state index contributed by atoms with van der Waals surface area (Å²) in [6.45, 7) is 0. The second-order valence-electron chi connectivity index (χ2n) is 0. The minimum absolute atomic E-state index is 0. The molecule has 0 fully saturated rings. The van der Waals surface area contributed by atoms with Gasteiger partial charge >= 0.3 is 73.9 Å². The van der Waals surface area contributed by atoms with E-state index < -0.39 is 0 Å². The molecule has 0 heterocycles. The first kappa shape index (κ1) is 85.9. The van der Waals surface area contributed by atoms with Gasteiger partial charge in [-0.2, -0.15) is 0 Å². The minimum Gasteiger partial charge on any atom is -3.00 e. The van der Waals surface area contributed by atoms with Crippen LogP contribution in [-0.4, -0.2) is 17.4 Å². The standard InChI is InChI=1S/Al.3Li.2N/q+3;3*+1;2*-3. The third-order valence-electron chi connectivity index (χ3n) is 0. The second-order valence-corrected chi connectivity index (χ2v) is 0. The fourth-order valence-electron chi connectivity index (χ4n) is 0. The molecule has 2 nitrogen and oxygen atoms in total. The Balaban J connectivity index is 0. The molecule has 0 aromatic carbocycles. The van der Waals surface area contributed by atoms with E-state index in [0.29, 0.717) is 0 Å². The van der Waals surface area contributed by atoms with Crippen LogP contribution < -0.4 is 56.6 Å². The summed E-state index contributed by atoms with van der Waals surface area (Å²) < 4.78 is 0. The first-order valence-corrected chi connectivity index (χ1v) is 0. The number of hydrogen-bond acceptors (Lipinski definition) is 0. The van der Waals surface area contributed by atoms with E-state index >= 15 is 0 Å². The molecule has 0 unspecified atom stereocenters. The van der Waals surface area contributed by atoms with E-state index in [1.807, 2.05) is 0 Å². The average molecular weight is 75.8 g/mol. The second kappa shape index (κ2) is 56.1. The van der Waals surface area contributed by atoms with Gasteiger partial charge in [0.15, 0.2) is 0 Å². The van der Waals surface area contributed by atoms with Crippen LogP contribution in [-0.2, 0) is 0 Å². The third-order valence-corrected chi connectivity index (χ3v) is 0. The quantitative estimate of drug-likeness (QED) is 0.257. The average Bonchev–Trinajstić information content (AvgIpc) is 0. The molecule has 0 saturated heterocycles. The van der Waals surface area contributed by atoms with Crippen molar-refractivity contribution in [2.75, 3.05) is 0 Å². The van der Waals surface area contributed by atoms with Gasteiger partial charge in [-0.25, -0.2) is 0 Å². The molecule has 0 amide bonds. The molecule has 0 aliphatic heterocycles. The Morgan fingerprint density at radius 1 is 0.500 bits per heavy atom. The van der Waals surface area contributed by atoms with Crippen molar-refractivity contribution in [2.24, 2.45) is 0 Å². The van der Waals surface area contributed by atoms with Crippen LogP contribution in [0.15, 0.2) is 0 Å². The van der Waals surface area contributed by atoms with E-state index in [1.54, 1.807) is 0 Å². The van der Waals surface area contributed by atoms with Crippen molar-refractivity contribution in [3.05, 3.63) is 12.3 Å².